The second kappa shape index (κ2) is 10.7. The number of allylic oxidation sites excluding steroid dienone is 6. The summed E-state index contributed by atoms with van der Waals surface area (Å²) in [5.74, 6) is -1.51. The van der Waals surface area contributed by atoms with E-state index in [1.54, 1.807) is 18.2 Å². The van der Waals surface area contributed by atoms with E-state index in [1.807, 2.05) is 38.1 Å². The highest BCUT2D eigenvalue weighted by atomic mass is 32.2. The van der Waals surface area contributed by atoms with Crippen molar-refractivity contribution in [1.29, 1.82) is 0 Å². The molecule has 0 spiro atoms. The Labute approximate surface area is 213 Å². The van der Waals surface area contributed by atoms with Gasteiger partial charge in [0, 0.05) is 28.2 Å². The Morgan fingerprint density at radius 2 is 1.60 bits per heavy atom. The van der Waals surface area contributed by atoms with E-state index in [1.165, 1.54) is 0 Å². The molecule has 1 heterocycles. The third kappa shape index (κ3) is 5.55. The molecule has 2 unspecified atom stereocenters. The maximum absolute atomic E-state index is 12.9. The fourth-order valence-corrected chi connectivity index (χ4v) is 6.06. The van der Waals surface area contributed by atoms with Crippen molar-refractivity contribution in [2.45, 2.75) is 52.4 Å². The van der Waals surface area contributed by atoms with Gasteiger partial charge < -0.3 is 4.90 Å². The molecule has 35 heavy (non-hydrogen) atoms. The predicted octanol–water partition coefficient (Wildman–Crippen LogP) is 5.00. The molecular weight excluding hydrogens is 482 g/mol. The first-order valence-corrected chi connectivity index (χ1v) is 14.0. The fourth-order valence-electron chi connectivity index (χ4n) is 5.02. The number of fused-ring (bicyclic) bond motifs is 1. The van der Waals surface area contributed by atoms with Crippen LogP contribution < -0.4 is 4.90 Å². The number of para-hydroxylation sites is 1. The number of hydrogen-bond acceptors (Lipinski definition) is 6. The molecule has 1 aliphatic heterocycles. The number of Topliss-reactive ketones (excluding diaryl/α,β-unsaturated/α-hetero) is 2. The molecule has 6 nitrogen and oxygen atoms in total. The summed E-state index contributed by atoms with van der Waals surface area (Å²) in [4.78, 5) is 28.4. The van der Waals surface area contributed by atoms with E-state index in [-0.39, 0.29) is 34.7 Å². The normalized spacial score (nSPS) is 23.5. The van der Waals surface area contributed by atoms with Crippen LogP contribution in [0.25, 0.3) is 0 Å². The number of carbonyl (C=O) groups is 2. The largest absolute Gasteiger partial charge is 0.344 e. The van der Waals surface area contributed by atoms with Gasteiger partial charge in [-0.1, -0.05) is 70.3 Å². The Balaban J connectivity index is 1.92. The summed E-state index contributed by atoms with van der Waals surface area (Å²) >= 11 is 5.44. The topological polar surface area (TPSA) is 91.8 Å². The average Bonchev–Trinajstić information content (AvgIpc) is 2.99. The van der Waals surface area contributed by atoms with Crippen LogP contribution in [0.3, 0.4) is 0 Å². The molecule has 0 amide bonds. The van der Waals surface area contributed by atoms with Gasteiger partial charge in [0.25, 0.3) is 10.1 Å². The predicted molar refractivity (Wildman–Crippen MR) is 143 cm³/mol. The molecule has 8 heteroatoms. The molecule has 0 aromatic heterocycles. The van der Waals surface area contributed by atoms with Crippen LogP contribution >= 0.6 is 12.2 Å². The van der Waals surface area contributed by atoms with Crippen molar-refractivity contribution in [2.75, 3.05) is 17.2 Å². The van der Waals surface area contributed by atoms with Crippen molar-refractivity contribution in [3.63, 3.8) is 0 Å². The van der Waals surface area contributed by atoms with Gasteiger partial charge in [-0.2, -0.15) is 8.42 Å². The SMILES string of the molecule is CCC1C(=O)C(=CC=CC=C2N(CCCS(=O)(=O)O)c3ccccc3C2(C)C)C(=O)C(CC)C1=S. The van der Waals surface area contributed by atoms with Crippen LogP contribution in [-0.4, -0.2) is 41.7 Å². The summed E-state index contributed by atoms with van der Waals surface area (Å²) < 4.78 is 31.6. The van der Waals surface area contributed by atoms with E-state index in [9.17, 15) is 18.0 Å². The smallest absolute Gasteiger partial charge is 0.264 e. The number of benzene rings is 1. The lowest BCUT2D eigenvalue weighted by Crippen LogP contribution is -2.41. The van der Waals surface area contributed by atoms with Crippen LogP contribution in [-0.2, 0) is 25.1 Å². The highest BCUT2D eigenvalue weighted by molar-refractivity contribution is 7.85. The Hall–Kier alpha value is -2.42. The lowest BCUT2D eigenvalue weighted by molar-refractivity contribution is -0.125. The second-order valence-corrected chi connectivity index (χ2v) is 11.5. The number of thiocarbonyl (C=S) groups is 1. The van der Waals surface area contributed by atoms with E-state index in [4.69, 9.17) is 16.8 Å². The van der Waals surface area contributed by atoms with Crippen LogP contribution in [0.2, 0.25) is 0 Å². The highest BCUT2D eigenvalue weighted by Crippen LogP contribution is 2.47. The summed E-state index contributed by atoms with van der Waals surface area (Å²) in [6.07, 6.45) is 8.47. The minimum atomic E-state index is -4.04. The standard InChI is InChI=1S/C27H33NO5S2/c1-5-18-24(29)20(25(30)19(6-2)26(18)34)12-7-10-15-23-27(3,4)21-13-8-9-14-22(21)28(23)16-11-17-35(31,32)33/h7-10,12-15,18-19H,5-6,11,16-17H2,1-4H3,(H,31,32,33). The van der Waals surface area contributed by atoms with E-state index >= 15 is 0 Å². The van der Waals surface area contributed by atoms with Gasteiger partial charge in [0.2, 0.25) is 0 Å². The quantitative estimate of drug-likeness (QED) is 0.225. The van der Waals surface area contributed by atoms with Crippen molar-refractivity contribution >= 4 is 44.5 Å². The van der Waals surface area contributed by atoms with Gasteiger partial charge in [0.1, 0.15) is 0 Å². The number of ketones is 2. The van der Waals surface area contributed by atoms with Gasteiger partial charge in [-0.3, -0.25) is 14.1 Å². The molecule has 1 aliphatic carbocycles. The highest BCUT2D eigenvalue weighted by Gasteiger charge is 2.41. The van der Waals surface area contributed by atoms with Crippen molar-refractivity contribution in [3.8, 4) is 0 Å². The number of nitrogens with zero attached hydrogens (tertiary/aromatic N) is 1. The molecule has 2 atom stereocenters. The molecule has 1 aromatic rings. The third-order valence-electron chi connectivity index (χ3n) is 6.88. The average molecular weight is 516 g/mol. The number of hydrogen-bond donors (Lipinski definition) is 1. The molecule has 0 bridgehead atoms. The monoisotopic (exact) mass is 515 g/mol. The molecular formula is C27H33NO5S2. The minimum absolute atomic E-state index is 0.200. The molecule has 3 rings (SSSR count). The van der Waals surface area contributed by atoms with Crippen molar-refractivity contribution in [3.05, 3.63) is 65.4 Å². The molecule has 1 saturated carbocycles. The van der Waals surface area contributed by atoms with Gasteiger partial charge in [-0.25, -0.2) is 0 Å². The molecule has 0 radical (unpaired) electrons. The van der Waals surface area contributed by atoms with Crippen LogP contribution in [0, 0.1) is 11.8 Å². The zero-order chi connectivity index (χ0) is 26.0. The minimum Gasteiger partial charge on any atom is -0.344 e. The Kier molecular flexibility index (Phi) is 8.29. The summed E-state index contributed by atoms with van der Waals surface area (Å²) in [6, 6.07) is 7.96. The zero-order valence-corrected chi connectivity index (χ0v) is 22.3. The Morgan fingerprint density at radius 1 is 1.03 bits per heavy atom. The zero-order valence-electron chi connectivity index (χ0n) is 20.7. The summed E-state index contributed by atoms with van der Waals surface area (Å²) in [5.41, 5.74) is 2.94. The molecule has 0 saturated heterocycles. The molecule has 2 aliphatic rings. The second-order valence-electron chi connectivity index (χ2n) is 9.50. The number of anilines is 1. The van der Waals surface area contributed by atoms with E-state index in [0.29, 0.717) is 24.3 Å². The van der Waals surface area contributed by atoms with Gasteiger partial charge in [0.15, 0.2) is 11.6 Å². The van der Waals surface area contributed by atoms with E-state index in [2.05, 4.69) is 24.8 Å². The van der Waals surface area contributed by atoms with E-state index in [0.717, 1.165) is 16.9 Å². The van der Waals surface area contributed by atoms with Crippen molar-refractivity contribution in [2.24, 2.45) is 11.8 Å². The maximum Gasteiger partial charge on any atom is 0.264 e. The first kappa shape index (κ1) is 27.2. The molecule has 1 aromatic carbocycles. The first-order chi connectivity index (χ1) is 16.4. The van der Waals surface area contributed by atoms with Crippen LogP contribution in [0.1, 0.15) is 52.5 Å². The first-order valence-electron chi connectivity index (χ1n) is 12.0. The summed E-state index contributed by atoms with van der Waals surface area (Å²) in [6.45, 7) is 8.43. The molecule has 1 fully saturated rings. The lowest BCUT2D eigenvalue weighted by atomic mass is 9.74. The fraction of sp³-hybridized carbons (Fsp3) is 0.444. The van der Waals surface area contributed by atoms with Crippen LogP contribution in [0.4, 0.5) is 5.69 Å². The van der Waals surface area contributed by atoms with Crippen LogP contribution in [0.5, 0.6) is 0 Å². The molecule has 1 N–H and O–H groups in total. The van der Waals surface area contributed by atoms with E-state index < -0.39 is 22.0 Å². The Morgan fingerprint density at radius 3 is 2.17 bits per heavy atom. The van der Waals surface area contributed by atoms with Gasteiger partial charge >= 0.3 is 0 Å². The van der Waals surface area contributed by atoms with Gasteiger partial charge in [-0.05, 0) is 43.0 Å². The Bertz CT molecular complexity index is 1200. The van der Waals surface area contributed by atoms with Crippen LogP contribution in [0.15, 0.2) is 59.8 Å². The maximum atomic E-state index is 12.9. The number of rotatable bonds is 8. The summed E-state index contributed by atoms with van der Waals surface area (Å²) in [5, 5.41) is 0. The van der Waals surface area contributed by atoms with Gasteiger partial charge in [0.05, 0.1) is 23.2 Å². The molecule has 188 valence electrons. The third-order valence-corrected chi connectivity index (χ3v) is 8.25. The van der Waals surface area contributed by atoms with Crippen molar-refractivity contribution in [1.82, 2.24) is 0 Å². The van der Waals surface area contributed by atoms with Gasteiger partial charge in [-0.15, -0.1) is 0 Å². The van der Waals surface area contributed by atoms with Crippen molar-refractivity contribution < 1.29 is 22.6 Å². The number of carbonyl (C=O) groups excluding carboxylic acids is 2. The lowest BCUT2D eigenvalue weighted by Gasteiger charge is -2.28. The summed E-state index contributed by atoms with van der Waals surface area (Å²) in [7, 11) is -4.04.